The normalized spacial score (nSPS) is 10.2. The van der Waals surface area contributed by atoms with Gasteiger partial charge in [-0.15, -0.1) is 0 Å². The van der Waals surface area contributed by atoms with E-state index in [4.69, 9.17) is 5.11 Å². The van der Waals surface area contributed by atoms with E-state index in [1.807, 2.05) is 12.1 Å². The van der Waals surface area contributed by atoms with E-state index >= 15 is 0 Å². The molecule has 4 nitrogen and oxygen atoms in total. The third-order valence-electron chi connectivity index (χ3n) is 1.86. The molecule has 0 amide bonds. The van der Waals surface area contributed by atoms with Crippen LogP contribution in [0.25, 0.3) is 11.3 Å². The number of nitrogens with one attached hydrogen (secondary N) is 1. The summed E-state index contributed by atoms with van der Waals surface area (Å²) >= 11 is 0. The van der Waals surface area contributed by atoms with E-state index < -0.39 is 0 Å². The maximum atomic E-state index is 8.99. The summed E-state index contributed by atoms with van der Waals surface area (Å²) in [5, 5.41) is 15.7. The highest BCUT2D eigenvalue weighted by atomic mass is 16.3. The van der Waals surface area contributed by atoms with Gasteiger partial charge in [0.2, 0.25) is 0 Å². The lowest BCUT2D eigenvalue weighted by molar-refractivity contribution is 0.282. The van der Waals surface area contributed by atoms with Gasteiger partial charge in [0.25, 0.3) is 0 Å². The highest BCUT2D eigenvalue weighted by Gasteiger charge is 2.04. The Morgan fingerprint density at radius 1 is 1.31 bits per heavy atom. The van der Waals surface area contributed by atoms with Crippen LogP contribution in [-0.2, 0) is 6.61 Å². The molecule has 4 heteroatoms. The van der Waals surface area contributed by atoms with Crippen LogP contribution in [0, 0.1) is 0 Å². The van der Waals surface area contributed by atoms with E-state index in [-0.39, 0.29) is 6.61 Å². The Morgan fingerprint density at radius 2 is 2.08 bits per heavy atom. The van der Waals surface area contributed by atoms with E-state index in [1.54, 1.807) is 18.6 Å². The molecule has 2 aromatic rings. The molecule has 13 heavy (non-hydrogen) atoms. The molecule has 0 spiro atoms. The van der Waals surface area contributed by atoms with Crippen molar-refractivity contribution in [3.05, 3.63) is 36.3 Å². The van der Waals surface area contributed by atoms with E-state index in [1.165, 1.54) is 0 Å². The molecular weight excluding hydrogens is 166 g/mol. The van der Waals surface area contributed by atoms with Gasteiger partial charge in [0, 0.05) is 23.5 Å². The molecule has 2 heterocycles. The molecule has 66 valence electrons. The summed E-state index contributed by atoms with van der Waals surface area (Å²) in [7, 11) is 0. The first-order chi connectivity index (χ1) is 6.42. The third kappa shape index (κ3) is 1.43. The Bertz CT molecular complexity index is 383. The molecule has 0 saturated heterocycles. The van der Waals surface area contributed by atoms with Crippen LogP contribution >= 0.6 is 0 Å². The molecule has 2 rings (SSSR count). The van der Waals surface area contributed by atoms with Gasteiger partial charge in [0.15, 0.2) is 0 Å². The molecule has 2 aromatic heterocycles. The van der Waals surface area contributed by atoms with Crippen molar-refractivity contribution in [3.63, 3.8) is 0 Å². The molecular formula is C9H9N3O. The summed E-state index contributed by atoms with van der Waals surface area (Å²) < 4.78 is 0. The average Bonchev–Trinajstić information content (AvgIpc) is 2.67. The summed E-state index contributed by atoms with van der Waals surface area (Å²) in [6.45, 7) is -0.00580. The first kappa shape index (κ1) is 7.94. The molecule has 0 atom stereocenters. The number of aromatic nitrogens is 3. The fourth-order valence-electron chi connectivity index (χ4n) is 1.20. The van der Waals surface area contributed by atoms with Crippen LogP contribution in [0.4, 0.5) is 0 Å². The zero-order valence-electron chi connectivity index (χ0n) is 6.94. The number of nitrogens with zero attached hydrogens (tertiary/aromatic N) is 2. The van der Waals surface area contributed by atoms with Crippen molar-refractivity contribution in [2.75, 3.05) is 0 Å². The zero-order valence-corrected chi connectivity index (χ0v) is 6.94. The topological polar surface area (TPSA) is 61.8 Å². The second kappa shape index (κ2) is 3.37. The largest absolute Gasteiger partial charge is 0.392 e. The number of hydrogen-bond donors (Lipinski definition) is 2. The number of aliphatic hydroxyl groups excluding tert-OH is 1. The molecule has 0 aliphatic rings. The number of pyridine rings is 1. The summed E-state index contributed by atoms with van der Waals surface area (Å²) in [5.41, 5.74) is 2.63. The standard InChI is InChI=1S/C9H9N3O/c13-6-8-5-11-12-9(8)7-1-3-10-4-2-7/h1-5,13H,6H2,(H,11,12). The van der Waals surface area contributed by atoms with Crippen LogP contribution < -0.4 is 0 Å². The van der Waals surface area contributed by atoms with Crippen molar-refractivity contribution in [2.24, 2.45) is 0 Å². The van der Waals surface area contributed by atoms with Crippen LogP contribution in [0.5, 0.6) is 0 Å². The lowest BCUT2D eigenvalue weighted by atomic mass is 10.1. The maximum absolute atomic E-state index is 8.99. The van der Waals surface area contributed by atoms with Crippen molar-refractivity contribution in [2.45, 2.75) is 6.61 Å². The van der Waals surface area contributed by atoms with Gasteiger partial charge in [-0.1, -0.05) is 0 Å². The Balaban J connectivity index is 2.47. The molecule has 0 aliphatic carbocycles. The molecule has 0 aliphatic heterocycles. The van der Waals surface area contributed by atoms with Gasteiger partial charge < -0.3 is 5.11 Å². The van der Waals surface area contributed by atoms with Gasteiger partial charge in [0.05, 0.1) is 18.5 Å². The van der Waals surface area contributed by atoms with Gasteiger partial charge in [-0.25, -0.2) is 0 Å². The predicted molar refractivity (Wildman–Crippen MR) is 47.7 cm³/mol. The van der Waals surface area contributed by atoms with Crippen molar-refractivity contribution < 1.29 is 5.11 Å². The predicted octanol–water partition coefficient (Wildman–Crippen LogP) is 0.964. The minimum atomic E-state index is -0.00580. The van der Waals surface area contributed by atoms with E-state index in [0.29, 0.717) is 0 Å². The maximum Gasteiger partial charge on any atom is 0.0718 e. The van der Waals surface area contributed by atoms with Gasteiger partial charge >= 0.3 is 0 Å². The Hall–Kier alpha value is -1.68. The fraction of sp³-hybridized carbons (Fsp3) is 0.111. The highest BCUT2D eigenvalue weighted by Crippen LogP contribution is 2.19. The second-order valence-electron chi connectivity index (χ2n) is 2.66. The number of aromatic amines is 1. The number of aliphatic hydroxyl groups is 1. The lowest BCUT2D eigenvalue weighted by Gasteiger charge is -1.98. The lowest BCUT2D eigenvalue weighted by Crippen LogP contribution is -1.85. The molecule has 2 N–H and O–H groups in total. The summed E-state index contributed by atoms with van der Waals surface area (Å²) in [6.07, 6.45) is 5.03. The molecule has 0 fully saturated rings. The molecule has 0 radical (unpaired) electrons. The van der Waals surface area contributed by atoms with Crippen LogP contribution in [0.1, 0.15) is 5.56 Å². The first-order valence-electron chi connectivity index (χ1n) is 3.95. The van der Waals surface area contributed by atoms with Crippen molar-refractivity contribution in [1.29, 1.82) is 0 Å². The van der Waals surface area contributed by atoms with Gasteiger partial charge in [-0.05, 0) is 12.1 Å². The molecule has 0 bridgehead atoms. The third-order valence-corrected chi connectivity index (χ3v) is 1.86. The Morgan fingerprint density at radius 3 is 2.77 bits per heavy atom. The van der Waals surface area contributed by atoms with Crippen molar-refractivity contribution >= 4 is 0 Å². The Labute approximate surface area is 75.3 Å². The number of hydrogen-bond acceptors (Lipinski definition) is 3. The van der Waals surface area contributed by atoms with Gasteiger partial charge in [-0.3, -0.25) is 10.1 Å². The SMILES string of the molecule is OCc1cn[nH]c1-c1ccncc1. The van der Waals surface area contributed by atoms with Crippen LogP contribution in [0.2, 0.25) is 0 Å². The number of H-pyrrole nitrogens is 1. The molecule has 0 aromatic carbocycles. The fourth-order valence-corrected chi connectivity index (χ4v) is 1.20. The van der Waals surface area contributed by atoms with E-state index in [9.17, 15) is 0 Å². The summed E-state index contributed by atoms with van der Waals surface area (Å²) in [6, 6.07) is 3.74. The van der Waals surface area contributed by atoms with Gasteiger partial charge in [-0.2, -0.15) is 5.10 Å². The molecule has 0 saturated carbocycles. The number of rotatable bonds is 2. The van der Waals surface area contributed by atoms with Crippen LogP contribution in [-0.4, -0.2) is 20.3 Å². The summed E-state index contributed by atoms with van der Waals surface area (Å²) in [5.74, 6) is 0. The quantitative estimate of drug-likeness (QED) is 0.714. The van der Waals surface area contributed by atoms with E-state index in [2.05, 4.69) is 15.2 Å². The van der Waals surface area contributed by atoms with Crippen LogP contribution in [0.3, 0.4) is 0 Å². The average molecular weight is 175 g/mol. The summed E-state index contributed by atoms with van der Waals surface area (Å²) in [4.78, 5) is 3.91. The smallest absolute Gasteiger partial charge is 0.0718 e. The van der Waals surface area contributed by atoms with E-state index in [0.717, 1.165) is 16.8 Å². The second-order valence-corrected chi connectivity index (χ2v) is 2.66. The Kier molecular flexibility index (Phi) is 2.06. The van der Waals surface area contributed by atoms with Crippen LogP contribution in [0.15, 0.2) is 30.7 Å². The molecule has 0 unspecified atom stereocenters. The first-order valence-corrected chi connectivity index (χ1v) is 3.95. The highest BCUT2D eigenvalue weighted by molar-refractivity contribution is 5.61. The van der Waals surface area contributed by atoms with Crippen molar-refractivity contribution in [3.8, 4) is 11.3 Å². The van der Waals surface area contributed by atoms with Gasteiger partial charge in [0.1, 0.15) is 0 Å². The zero-order chi connectivity index (χ0) is 9.10. The minimum absolute atomic E-state index is 0.00580. The monoisotopic (exact) mass is 175 g/mol. The minimum Gasteiger partial charge on any atom is -0.392 e. The van der Waals surface area contributed by atoms with Crippen molar-refractivity contribution in [1.82, 2.24) is 15.2 Å².